The zero-order valence-corrected chi connectivity index (χ0v) is 13.3. The number of hydrogen-bond acceptors (Lipinski definition) is 3. The summed E-state index contributed by atoms with van der Waals surface area (Å²) in [7, 11) is 0. The van der Waals surface area contributed by atoms with Gasteiger partial charge < -0.3 is 15.6 Å². The molecule has 0 aromatic heterocycles. The fourth-order valence-electron chi connectivity index (χ4n) is 2.33. The highest BCUT2D eigenvalue weighted by molar-refractivity contribution is 5.44. The topological polar surface area (TPSA) is 55.5 Å². The summed E-state index contributed by atoms with van der Waals surface area (Å²) in [5.41, 5.74) is 9.33. The third-order valence-electron chi connectivity index (χ3n) is 3.47. The van der Waals surface area contributed by atoms with Crippen molar-refractivity contribution < 1.29 is 9.84 Å². The third-order valence-corrected chi connectivity index (χ3v) is 3.47. The van der Waals surface area contributed by atoms with Gasteiger partial charge in [0.05, 0.1) is 6.61 Å². The van der Waals surface area contributed by atoms with Gasteiger partial charge >= 0.3 is 0 Å². The molecule has 0 fully saturated rings. The van der Waals surface area contributed by atoms with Crippen molar-refractivity contribution >= 4 is 0 Å². The maximum atomic E-state index is 9.25. The maximum absolute atomic E-state index is 9.25. The highest BCUT2D eigenvalue weighted by atomic mass is 16.5. The quantitative estimate of drug-likeness (QED) is 0.769. The lowest BCUT2D eigenvalue weighted by Crippen LogP contribution is -2.19. The van der Waals surface area contributed by atoms with Crippen molar-refractivity contribution in [2.24, 2.45) is 17.6 Å². The predicted molar refractivity (Wildman–Crippen MR) is 84.2 cm³/mol. The van der Waals surface area contributed by atoms with Gasteiger partial charge in [0.15, 0.2) is 0 Å². The van der Waals surface area contributed by atoms with E-state index in [0.717, 1.165) is 25.2 Å². The van der Waals surface area contributed by atoms with E-state index in [0.29, 0.717) is 12.5 Å². The number of rotatable bonds is 8. The normalized spacial score (nSPS) is 12.8. The average molecular weight is 279 g/mol. The molecule has 0 amide bonds. The van der Waals surface area contributed by atoms with Crippen molar-refractivity contribution in [2.75, 3.05) is 19.8 Å². The molecule has 0 aliphatic rings. The van der Waals surface area contributed by atoms with Crippen molar-refractivity contribution in [2.45, 2.75) is 40.5 Å². The smallest absolute Gasteiger partial charge is 0.125 e. The van der Waals surface area contributed by atoms with Crippen LogP contribution in [-0.2, 0) is 6.42 Å². The first-order valence-electron chi connectivity index (χ1n) is 7.51. The van der Waals surface area contributed by atoms with Crippen molar-refractivity contribution in [1.29, 1.82) is 0 Å². The number of hydrogen-bond donors (Lipinski definition) is 2. The predicted octanol–water partition coefficient (Wildman–Crippen LogP) is 2.84. The Bertz CT molecular complexity index is 412. The van der Waals surface area contributed by atoms with E-state index in [2.05, 4.69) is 39.8 Å². The molecule has 3 heteroatoms. The summed E-state index contributed by atoms with van der Waals surface area (Å²) in [6.45, 7) is 9.93. The summed E-state index contributed by atoms with van der Waals surface area (Å²) in [4.78, 5) is 0. The van der Waals surface area contributed by atoms with Gasteiger partial charge in [-0.15, -0.1) is 0 Å². The van der Waals surface area contributed by atoms with Crippen LogP contribution in [0, 0.1) is 25.7 Å². The Kier molecular flexibility index (Phi) is 7.03. The van der Waals surface area contributed by atoms with Crippen LogP contribution in [0.5, 0.6) is 5.75 Å². The number of aliphatic hydroxyl groups is 1. The summed E-state index contributed by atoms with van der Waals surface area (Å²) in [5, 5.41) is 9.25. The van der Waals surface area contributed by atoms with Crippen LogP contribution < -0.4 is 10.5 Å². The molecule has 1 aromatic rings. The number of nitrogens with two attached hydrogens (primary N) is 1. The van der Waals surface area contributed by atoms with E-state index in [4.69, 9.17) is 10.5 Å². The Morgan fingerprint density at radius 1 is 1.25 bits per heavy atom. The Labute approximate surface area is 123 Å². The lowest BCUT2D eigenvalue weighted by atomic mass is 9.96. The van der Waals surface area contributed by atoms with Gasteiger partial charge in [0, 0.05) is 6.61 Å². The molecule has 0 saturated heterocycles. The molecule has 0 aliphatic carbocycles. The van der Waals surface area contributed by atoms with Crippen LogP contribution in [-0.4, -0.2) is 24.9 Å². The minimum absolute atomic E-state index is 0.156. The molecule has 114 valence electrons. The molecule has 0 radical (unpaired) electrons. The zero-order valence-electron chi connectivity index (χ0n) is 13.3. The van der Waals surface area contributed by atoms with Crippen LogP contribution in [0.2, 0.25) is 0 Å². The van der Waals surface area contributed by atoms with Gasteiger partial charge in [-0.25, -0.2) is 0 Å². The molecule has 0 aliphatic heterocycles. The molecule has 0 heterocycles. The van der Waals surface area contributed by atoms with Crippen LogP contribution >= 0.6 is 0 Å². The molecule has 1 atom stereocenters. The maximum Gasteiger partial charge on any atom is 0.125 e. The summed E-state index contributed by atoms with van der Waals surface area (Å²) in [6.07, 6.45) is 1.80. The van der Waals surface area contributed by atoms with E-state index >= 15 is 0 Å². The van der Waals surface area contributed by atoms with Crippen LogP contribution in [0.15, 0.2) is 12.1 Å². The first-order chi connectivity index (χ1) is 9.47. The monoisotopic (exact) mass is 279 g/mol. The Morgan fingerprint density at radius 2 is 1.95 bits per heavy atom. The second kappa shape index (κ2) is 8.28. The highest BCUT2D eigenvalue weighted by Gasteiger charge is 2.12. The summed E-state index contributed by atoms with van der Waals surface area (Å²) < 4.78 is 5.99. The van der Waals surface area contributed by atoms with Gasteiger partial charge in [-0.2, -0.15) is 0 Å². The summed E-state index contributed by atoms with van der Waals surface area (Å²) >= 11 is 0. The Hall–Kier alpha value is -1.06. The van der Waals surface area contributed by atoms with Crippen molar-refractivity contribution in [3.63, 3.8) is 0 Å². The minimum atomic E-state index is 0.156. The first-order valence-corrected chi connectivity index (χ1v) is 7.51. The summed E-state index contributed by atoms with van der Waals surface area (Å²) in [5.74, 6) is 1.70. The van der Waals surface area contributed by atoms with E-state index < -0.39 is 0 Å². The van der Waals surface area contributed by atoms with Gasteiger partial charge in [0.25, 0.3) is 0 Å². The van der Waals surface area contributed by atoms with Crippen molar-refractivity contribution in [1.82, 2.24) is 0 Å². The standard InChI is InChI=1S/C17H29NO2/c1-12(2)11-20-17-14(4)7-13(3)8-16(17)6-5-15(9-18)10-19/h7-8,12,15,19H,5-6,9-11,18H2,1-4H3. The largest absolute Gasteiger partial charge is 0.493 e. The second-order valence-corrected chi connectivity index (χ2v) is 6.10. The fraction of sp³-hybridized carbons (Fsp3) is 0.647. The van der Waals surface area contributed by atoms with Gasteiger partial charge in [-0.05, 0) is 56.2 Å². The zero-order chi connectivity index (χ0) is 15.1. The van der Waals surface area contributed by atoms with E-state index in [-0.39, 0.29) is 12.5 Å². The Balaban J connectivity index is 2.85. The molecule has 1 aromatic carbocycles. The Morgan fingerprint density at radius 3 is 2.50 bits per heavy atom. The lowest BCUT2D eigenvalue weighted by molar-refractivity contribution is 0.222. The van der Waals surface area contributed by atoms with E-state index in [1.165, 1.54) is 16.7 Å². The van der Waals surface area contributed by atoms with Crippen LogP contribution in [0.3, 0.4) is 0 Å². The second-order valence-electron chi connectivity index (χ2n) is 6.10. The number of ether oxygens (including phenoxy) is 1. The fourth-order valence-corrected chi connectivity index (χ4v) is 2.33. The van der Waals surface area contributed by atoms with Crippen molar-refractivity contribution in [3.05, 3.63) is 28.8 Å². The van der Waals surface area contributed by atoms with Gasteiger partial charge in [0.1, 0.15) is 5.75 Å². The third kappa shape index (κ3) is 5.14. The number of benzene rings is 1. The number of aliphatic hydroxyl groups excluding tert-OH is 1. The molecule has 1 unspecified atom stereocenters. The molecule has 0 bridgehead atoms. The van der Waals surface area contributed by atoms with Crippen molar-refractivity contribution in [3.8, 4) is 5.75 Å². The minimum Gasteiger partial charge on any atom is -0.493 e. The molecule has 1 rings (SSSR count). The first kappa shape index (κ1) is 17.0. The van der Waals surface area contributed by atoms with E-state index in [1.54, 1.807) is 0 Å². The van der Waals surface area contributed by atoms with E-state index in [1.807, 2.05) is 0 Å². The molecular weight excluding hydrogens is 250 g/mol. The average Bonchev–Trinajstić information content (AvgIpc) is 2.38. The van der Waals surface area contributed by atoms with Crippen LogP contribution in [0.1, 0.15) is 37.0 Å². The van der Waals surface area contributed by atoms with Gasteiger partial charge in [-0.1, -0.05) is 31.5 Å². The molecule has 0 saturated carbocycles. The number of aryl methyl sites for hydroxylation is 3. The lowest BCUT2D eigenvalue weighted by Gasteiger charge is -2.18. The van der Waals surface area contributed by atoms with Gasteiger partial charge in [-0.3, -0.25) is 0 Å². The highest BCUT2D eigenvalue weighted by Crippen LogP contribution is 2.28. The SMILES string of the molecule is Cc1cc(C)c(OCC(C)C)c(CCC(CN)CO)c1. The van der Waals surface area contributed by atoms with Crippen LogP contribution in [0.25, 0.3) is 0 Å². The van der Waals surface area contributed by atoms with Gasteiger partial charge in [0.2, 0.25) is 0 Å². The molecule has 3 N–H and O–H groups in total. The van der Waals surface area contributed by atoms with E-state index in [9.17, 15) is 5.11 Å². The molecule has 3 nitrogen and oxygen atoms in total. The molecule has 0 spiro atoms. The molecule has 20 heavy (non-hydrogen) atoms. The van der Waals surface area contributed by atoms with Crippen LogP contribution in [0.4, 0.5) is 0 Å². The summed E-state index contributed by atoms with van der Waals surface area (Å²) in [6, 6.07) is 4.35. The molecular formula is C17H29NO2.